The van der Waals surface area contributed by atoms with E-state index < -0.39 is 12.1 Å². The van der Waals surface area contributed by atoms with E-state index in [1.54, 1.807) is 48.8 Å². The quantitative estimate of drug-likeness (QED) is 0.614. The number of hydrogen-bond donors (Lipinski definition) is 0. The van der Waals surface area contributed by atoms with Gasteiger partial charge in [-0.05, 0) is 31.2 Å². The van der Waals surface area contributed by atoms with Crippen molar-refractivity contribution >= 4 is 11.8 Å². The number of carbonyl (C=O) groups excluding carboxylic acids is 2. The van der Waals surface area contributed by atoms with Gasteiger partial charge in [-0.15, -0.1) is 0 Å². The van der Waals surface area contributed by atoms with Crippen LogP contribution in [0.1, 0.15) is 30.8 Å². The molecule has 0 fully saturated rings. The second kappa shape index (κ2) is 6.56. The van der Waals surface area contributed by atoms with Crippen LogP contribution in [0.4, 0.5) is 0 Å². The maximum absolute atomic E-state index is 11.7. The highest BCUT2D eigenvalue weighted by atomic mass is 16.5. The molecule has 20 heavy (non-hydrogen) atoms. The lowest BCUT2D eigenvalue weighted by atomic mass is 10.1. The molecule has 0 aliphatic rings. The van der Waals surface area contributed by atoms with E-state index >= 15 is 0 Å². The SMILES string of the molecule is CC(=O)CC(=O)OC(c1ccccn1)c1ccccn1. The van der Waals surface area contributed by atoms with Gasteiger partial charge in [0.05, 0.1) is 11.4 Å². The summed E-state index contributed by atoms with van der Waals surface area (Å²) in [7, 11) is 0. The molecule has 0 spiro atoms. The molecule has 0 N–H and O–H groups in total. The maximum atomic E-state index is 11.7. The number of carbonyl (C=O) groups is 2. The summed E-state index contributed by atoms with van der Waals surface area (Å²) in [5, 5.41) is 0. The number of ketones is 1. The van der Waals surface area contributed by atoms with Crippen LogP contribution >= 0.6 is 0 Å². The third-order valence-electron chi connectivity index (χ3n) is 2.56. The van der Waals surface area contributed by atoms with Crippen LogP contribution in [0.5, 0.6) is 0 Å². The second-order valence-electron chi connectivity index (χ2n) is 4.26. The van der Waals surface area contributed by atoms with Crippen LogP contribution in [0.3, 0.4) is 0 Å². The van der Waals surface area contributed by atoms with Gasteiger partial charge in [-0.1, -0.05) is 12.1 Å². The van der Waals surface area contributed by atoms with Crippen molar-refractivity contribution in [1.29, 1.82) is 0 Å². The molecule has 2 aromatic heterocycles. The highest BCUT2D eigenvalue weighted by Crippen LogP contribution is 2.22. The Bertz CT molecular complexity index is 545. The Hall–Kier alpha value is -2.56. The topological polar surface area (TPSA) is 69.2 Å². The first-order valence-electron chi connectivity index (χ1n) is 6.17. The molecule has 0 bridgehead atoms. The van der Waals surface area contributed by atoms with Crippen molar-refractivity contribution in [3.05, 3.63) is 60.2 Å². The van der Waals surface area contributed by atoms with E-state index in [0.717, 1.165) is 0 Å². The Labute approximate surface area is 116 Å². The lowest BCUT2D eigenvalue weighted by Gasteiger charge is -2.16. The smallest absolute Gasteiger partial charge is 0.314 e. The normalized spacial score (nSPS) is 10.3. The first kappa shape index (κ1) is 13.9. The molecule has 0 unspecified atom stereocenters. The molecule has 0 atom stereocenters. The van der Waals surface area contributed by atoms with Gasteiger partial charge in [0.2, 0.25) is 0 Å². The van der Waals surface area contributed by atoms with Crippen molar-refractivity contribution in [3.63, 3.8) is 0 Å². The number of rotatable bonds is 5. The van der Waals surface area contributed by atoms with Crippen LogP contribution in [0.2, 0.25) is 0 Å². The molecule has 2 heterocycles. The number of hydrogen-bond acceptors (Lipinski definition) is 5. The molecule has 5 nitrogen and oxygen atoms in total. The Morgan fingerprint density at radius 3 is 2.00 bits per heavy atom. The Morgan fingerprint density at radius 2 is 1.60 bits per heavy atom. The summed E-state index contributed by atoms with van der Waals surface area (Å²) in [6.45, 7) is 1.35. The largest absolute Gasteiger partial charge is 0.449 e. The van der Waals surface area contributed by atoms with E-state index in [1.807, 2.05) is 0 Å². The number of ether oxygens (including phenoxy) is 1. The second-order valence-corrected chi connectivity index (χ2v) is 4.26. The zero-order valence-electron chi connectivity index (χ0n) is 11.0. The van der Waals surface area contributed by atoms with Crippen molar-refractivity contribution < 1.29 is 14.3 Å². The molecule has 0 aliphatic heterocycles. The van der Waals surface area contributed by atoms with E-state index in [1.165, 1.54) is 6.92 Å². The summed E-state index contributed by atoms with van der Waals surface area (Å²) >= 11 is 0. The van der Waals surface area contributed by atoms with Gasteiger partial charge >= 0.3 is 5.97 Å². The van der Waals surface area contributed by atoms with Gasteiger partial charge in [-0.3, -0.25) is 19.6 Å². The highest BCUT2D eigenvalue weighted by Gasteiger charge is 2.21. The van der Waals surface area contributed by atoms with Crippen LogP contribution in [0.25, 0.3) is 0 Å². The van der Waals surface area contributed by atoms with Crippen molar-refractivity contribution in [3.8, 4) is 0 Å². The molecule has 0 amide bonds. The number of esters is 1. The highest BCUT2D eigenvalue weighted by molar-refractivity contribution is 5.94. The Kier molecular flexibility index (Phi) is 4.55. The molecular formula is C15H14N2O3. The Balaban J connectivity index is 2.26. The van der Waals surface area contributed by atoms with E-state index in [9.17, 15) is 9.59 Å². The molecule has 2 aromatic rings. The van der Waals surface area contributed by atoms with E-state index in [0.29, 0.717) is 11.4 Å². The van der Waals surface area contributed by atoms with Gasteiger partial charge in [-0.25, -0.2) is 0 Å². The Morgan fingerprint density at radius 1 is 1.05 bits per heavy atom. The van der Waals surface area contributed by atoms with Crippen molar-refractivity contribution in [2.45, 2.75) is 19.4 Å². The van der Waals surface area contributed by atoms with Gasteiger partial charge in [0.1, 0.15) is 12.2 Å². The van der Waals surface area contributed by atoms with Gasteiger partial charge < -0.3 is 4.74 Å². The summed E-state index contributed by atoms with van der Waals surface area (Å²) in [6, 6.07) is 10.7. The van der Waals surface area contributed by atoms with Crippen LogP contribution in [-0.4, -0.2) is 21.7 Å². The first-order valence-corrected chi connectivity index (χ1v) is 6.17. The van der Waals surface area contributed by atoms with E-state index in [2.05, 4.69) is 9.97 Å². The van der Waals surface area contributed by atoms with Gasteiger partial charge in [0, 0.05) is 12.4 Å². The summed E-state index contributed by atoms with van der Waals surface area (Å²) < 4.78 is 5.35. The summed E-state index contributed by atoms with van der Waals surface area (Å²) in [6.07, 6.45) is 2.27. The third kappa shape index (κ3) is 3.71. The molecule has 0 aliphatic carbocycles. The molecule has 0 saturated carbocycles. The van der Waals surface area contributed by atoms with Gasteiger partial charge in [-0.2, -0.15) is 0 Å². The zero-order chi connectivity index (χ0) is 14.4. The first-order chi connectivity index (χ1) is 9.66. The van der Waals surface area contributed by atoms with E-state index in [4.69, 9.17) is 4.74 Å². The van der Waals surface area contributed by atoms with Crippen molar-refractivity contribution in [1.82, 2.24) is 9.97 Å². The molecular weight excluding hydrogens is 256 g/mol. The number of nitrogens with zero attached hydrogens (tertiary/aromatic N) is 2. The molecule has 0 radical (unpaired) electrons. The monoisotopic (exact) mass is 270 g/mol. The van der Waals surface area contributed by atoms with Crippen LogP contribution in [-0.2, 0) is 14.3 Å². The fraction of sp³-hybridized carbons (Fsp3) is 0.200. The van der Waals surface area contributed by atoms with Crippen LogP contribution < -0.4 is 0 Å². The maximum Gasteiger partial charge on any atom is 0.314 e. The lowest BCUT2D eigenvalue weighted by molar-refractivity contribution is -0.149. The lowest BCUT2D eigenvalue weighted by Crippen LogP contribution is -2.16. The average Bonchev–Trinajstić information content (AvgIpc) is 2.46. The summed E-state index contributed by atoms with van der Waals surface area (Å²) in [5.74, 6) is -0.824. The zero-order valence-corrected chi connectivity index (χ0v) is 11.0. The van der Waals surface area contributed by atoms with Crippen LogP contribution in [0.15, 0.2) is 48.8 Å². The summed E-state index contributed by atoms with van der Waals surface area (Å²) in [4.78, 5) is 31.1. The van der Waals surface area contributed by atoms with Gasteiger partial charge in [0.15, 0.2) is 6.10 Å². The van der Waals surface area contributed by atoms with E-state index in [-0.39, 0.29) is 12.2 Å². The summed E-state index contributed by atoms with van der Waals surface area (Å²) in [5.41, 5.74) is 1.14. The molecule has 5 heteroatoms. The fourth-order valence-electron chi connectivity index (χ4n) is 1.71. The predicted molar refractivity (Wildman–Crippen MR) is 71.7 cm³/mol. The predicted octanol–water partition coefficient (Wildman–Crippen LogP) is 2.09. The fourth-order valence-corrected chi connectivity index (χ4v) is 1.71. The number of Topliss-reactive ketones (excluding diaryl/α,β-unsaturated/α-hetero) is 1. The molecule has 2 rings (SSSR count). The number of pyridine rings is 2. The average molecular weight is 270 g/mol. The number of aromatic nitrogens is 2. The minimum atomic E-state index is -0.704. The standard InChI is InChI=1S/C15H14N2O3/c1-11(18)10-14(19)20-15(12-6-2-4-8-16-12)13-7-3-5-9-17-13/h2-9,15H,10H2,1H3. The molecule has 0 aromatic carbocycles. The minimum Gasteiger partial charge on any atom is -0.449 e. The van der Waals surface area contributed by atoms with Crippen molar-refractivity contribution in [2.24, 2.45) is 0 Å². The molecule has 102 valence electrons. The van der Waals surface area contributed by atoms with Crippen LogP contribution in [0, 0.1) is 0 Å². The molecule has 0 saturated heterocycles. The third-order valence-corrected chi connectivity index (χ3v) is 2.56. The minimum absolute atomic E-state index is 0.240. The van der Waals surface area contributed by atoms with Gasteiger partial charge in [0.25, 0.3) is 0 Å². The van der Waals surface area contributed by atoms with Crippen molar-refractivity contribution in [2.75, 3.05) is 0 Å².